The molecule has 0 N–H and O–H groups in total. The van der Waals surface area contributed by atoms with E-state index >= 15 is 4.39 Å². The Kier molecular flexibility index (Phi) is 3.32. The molecular formula is C26H24FN2Si+. The van der Waals surface area contributed by atoms with Crippen LogP contribution in [0.3, 0.4) is 0 Å². The molecule has 0 radical (unpaired) electrons. The maximum atomic E-state index is 15.1. The van der Waals surface area contributed by atoms with Crippen LogP contribution in [0.5, 0.6) is 0 Å². The fourth-order valence-electron chi connectivity index (χ4n) is 5.15. The normalized spacial score (nSPS) is 13.0. The molecule has 3 aromatic carbocycles. The average Bonchev–Trinajstić information content (AvgIpc) is 3.03. The van der Waals surface area contributed by atoms with Gasteiger partial charge in [0.05, 0.1) is 35.4 Å². The van der Waals surface area contributed by atoms with Gasteiger partial charge in [-0.1, -0.05) is 49.1 Å². The largest absolute Gasteiger partial charge is 0.307 e. The van der Waals surface area contributed by atoms with E-state index in [9.17, 15) is 0 Å². The Balaban J connectivity index is 2.08. The lowest BCUT2D eigenvalue weighted by atomic mass is 10.00. The molecule has 30 heavy (non-hydrogen) atoms. The molecule has 0 saturated carbocycles. The molecule has 0 atom stereocenters. The molecule has 0 saturated heterocycles. The Morgan fingerprint density at radius 2 is 1.70 bits per heavy atom. The second kappa shape index (κ2) is 5.58. The van der Waals surface area contributed by atoms with Gasteiger partial charge in [0.25, 0.3) is 0 Å². The molecule has 0 aliphatic heterocycles. The number of benzene rings is 3. The quantitative estimate of drug-likeness (QED) is 0.140. The second-order valence-corrected chi connectivity index (χ2v) is 14.7. The summed E-state index contributed by atoms with van der Waals surface area (Å²) in [6.45, 7) is 9.31. The van der Waals surface area contributed by atoms with Crippen molar-refractivity contribution in [2.24, 2.45) is 7.05 Å². The number of hydrogen-bond donors (Lipinski definition) is 0. The molecule has 6 aromatic rings. The number of hydrogen-bond acceptors (Lipinski definition) is 0. The summed E-state index contributed by atoms with van der Waals surface area (Å²) in [5.41, 5.74) is 5.69. The Labute approximate surface area is 175 Å². The van der Waals surface area contributed by atoms with Gasteiger partial charge in [-0.2, -0.15) is 0 Å². The highest BCUT2D eigenvalue weighted by atomic mass is 28.3. The Morgan fingerprint density at radius 3 is 2.47 bits per heavy atom. The van der Waals surface area contributed by atoms with Gasteiger partial charge in [0.2, 0.25) is 5.52 Å². The smallest absolute Gasteiger partial charge is 0.224 e. The van der Waals surface area contributed by atoms with Crippen molar-refractivity contribution in [3.63, 3.8) is 0 Å². The van der Waals surface area contributed by atoms with Crippen LogP contribution in [0.25, 0.3) is 49.0 Å². The maximum absolute atomic E-state index is 15.1. The van der Waals surface area contributed by atoms with Crippen LogP contribution in [0.2, 0.25) is 19.6 Å². The van der Waals surface area contributed by atoms with Crippen molar-refractivity contribution in [3.8, 4) is 0 Å². The van der Waals surface area contributed by atoms with Crippen molar-refractivity contribution in [3.05, 3.63) is 66.1 Å². The van der Waals surface area contributed by atoms with Gasteiger partial charge in [-0.25, -0.2) is 8.96 Å². The zero-order valence-corrected chi connectivity index (χ0v) is 19.0. The molecule has 0 unspecified atom stereocenters. The third-order valence-electron chi connectivity index (χ3n) is 6.67. The molecule has 0 bridgehead atoms. The minimum Gasteiger partial charge on any atom is -0.307 e. The minimum absolute atomic E-state index is 0.154. The van der Waals surface area contributed by atoms with Gasteiger partial charge in [-0.3, -0.25) is 0 Å². The van der Waals surface area contributed by atoms with Crippen molar-refractivity contribution >= 4 is 62.3 Å². The van der Waals surface area contributed by atoms with E-state index < -0.39 is 8.07 Å². The highest BCUT2D eigenvalue weighted by Crippen LogP contribution is 2.41. The maximum Gasteiger partial charge on any atom is 0.224 e. The lowest BCUT2D eigenvalue weighted by Crippen LogP contribution is -2.38. The highest BCUT2D eigenvalue weighted by Gasteiger charge is 2.26. The van der Waals surface area contributed by atoms with Crippen molar-refractivity contribution < 1.29 is 8.96 Å². The second-order valence-electron chi connectivity index (χ2n) is 9.61. The van der Waals surface area contributed by atoms with E-state index in [-0.39, 0.29) is 5.82 Å². The monoisotopic (exact) mass is 411 g/mol. The molecule has 2 nitrogen and oxygen atoms in total. The summed E-state index contributed by atoms with van der Waals surface area (Å²) in [4.78, 5) is 0. The Hall–Kier alpha value is -2.98. The van der Waals surface area contributed by atoms with Crippen LogP contribution in [-0.4, -0.2) is 12.5 Å². The molecule has 0 aliphatic carbocycles. The van der Waals surface area contributed by atoms with Gasteiger partial charge in [-0.15, -0.1) is 0 Å². The number of pyridine rings is 2. The molecule has 0 spiro atoms. The lowest BCUT2D eigenvalue weighted by Gasteiger charge is -2.20. The van der Waals surface area contributed by atoms with Crippen LogP contribution >= 0.6 is 0 Å². The first-order valence-corrected chi connectivity index (χ1v) is 14.0. The van der Waals surface area contributed by atoms with Crippen LogP contribution in [0.1, 0.15) is 5.56 Å². The Bertz CT molecular complexity index is 1650. The fourth-order valence-corrected chi connectivity index (χ4v) is 6.31. The summed E-state index contributed by atoms with van der Waals surface area (Å²) < 4.78 is 19.6. The summed E-state index contributed by atoms with van der Waals surface area (Å²) >= 11 is 0. The van der Waals surface area contributed by atoms with Crippen LogP contribution in [-0.2, 0) is 7.05 Å². The highest BCUT2D eigenvalue weighted by molar-refractivity contribution is 6.89. The van der Waals surface area contributed by atoms with E-state index in [4.69, 9.17) is 0 Å². The predicted molar refractivity (Wildman–Crippen MR) is 127 cm³/mol. The first-order valence-electron chi connectivity index (χ1n) is 10.5. The molecule has 0 fully saturated rings. The average molecular weight is 412 g/mol. The molecule has 148 valence electrons. The molecule has 0 amide bonds. The van der Waals surface area contributed by atoms with E-state index in [0.717, 1.165) is 21.8 Å². The molecule has 3 heterocycles. The minimum atomic E-state index is -1.54. The molecule has 6 rings (SSSR count). The van der Waals surface area contributed by atoms with E-state index in [1.165, 1.54) is 37.9 Å². The van der Waals surface area contributed by atoms with Crippen LogP contribution in [0.15, 0.2) is 54.7 Å². The third-order valence-corrected chi connectivity index (χ3v) is 8.69. The summed E-state index contributed by atoms with van der Waals surface area (Å²) in [7, 11) is 0.570. The zero-order valence-electron chi connectivity index (χ0n) is 18.0. The third kappa shape index (κ3) is 2.09. The topological polar surface area (TPSA) is 8.29 Å². The number of rotatable bonds is 1. The van der Waals surface area contributed by atoms with Crippen molar-refractivity contribution in [1.29, 1.82) is 0 Å². The fraction of sp³-hybridized carbons (Fsp3) is 0.192. The SMILES string of the molecule is Cc1ccc2c3c(F)cccc3n3c4cc([Si](C)(C)C)cc5cc[n+](C)c(c1c23)c54. The summed E-state index contributed by atoms with van der Waals surface area (Å²) in [5, 5.41) is 6.86. The van der Waals surface area contributed by atoms with Gasteiger partial charge in [-0.05, 0) is 36.1 Å². The van der Waals surface area contributed by atoms with Gasteiger partial charge in [0.1, 0.15) is 12.9 Å². The van der Waals surface area contributed by atoms with Crippen molar-refractivity contribution in [1.82, 2.24) is 4.40 Å². The van der Waals surface area contributed by atoms with Crippen LogP contribution in [0.4, 0.5) is 4.39 Å². The van der Waals surface area contributed by atoms with E-state index in [1.807, 2.05) is 6.07 Å². The number of fused-ring (bicyclic) bond motifs is 5. The van der Waals surface area contributed by atoms with Crippen molar-refractivity contribution in [2.75, 3.05) is 0 Å². The standard InChI is InChI=1S/C26H24FN2Si/c1-15-9-10-18-24-19(27)7-6-8-20(24)29-21-14-17(30(3,4)5)13-16-11-12-28(2)26(23(16)21)22(15)25(18)29/h6-14H,1-5H3/q+1. The molecule has 3 aromatic heterocycles. The predicted octanol–water partition coefficient (Wildman–Crippen LogP) is 5.81. The van der Waals surface area contributed by atoms with Gasteiger partial charge in [0.15, 0.2) is 6.20 Å². The summed E-state index contributed by atoms with van der Waals surface area (Å²) in [5.74, 6) is -0.154. The first-order chi connectivity index (χ1) is 14.3. The van der Waals surface area contributed by atoms with Gasteiger partial charge < -0.3 is 4.40 Å². The first kappa shape index (κ1) is 17.8. The number of nitrogens with zero attached hydrogens (tertiary/aromatic N) is 2. The summed E-state index contributed by atoms with van der Waals surface area (Å²) in [6, 6.07) is 16.6. The van der Waals surface area contributed by atoms with Crippen molar-refractivity contribution in [2.45, 2.75) is 26.6 Å². The molecule has 0 aliphatic rings. The van der Waals surface area contributed by atoms with Crippen LogP contribution < -0.4 is 9.75 Å². The number of halogens is 1. The number of aryl methyl sites for hydroxylation is 2. The zero-order chi connectivity index (χ0) is 20.9. The summed E-state index contributed by atoms with van der Waals surface area (Å²) in [6.07, 6.45) is 2.16. The van der Waals surface area contributed by atoms with E-state index in [1.54, 1.807) is 6.07 Å². The van der Waals surface area contributed by atoms with Gasteiger partial charge >= 0.3 is 0 Å². The van der Waals surface area contributed by atoms with E-state index in [2.05, 4.69) is 85.2 Å². The Morgan fingerprint density at radius 1 is 0.900 bits per heavy atom. The lowest BCUT2D eigenvalue weighted by molar-refractivity contribution is -0.643. The molecular weight excluding hydrogens is 387 g/mol. The van der Waals surface area contributed by atoms with Gasteiger partial charge in [0, 0.05) is 16.8 Å². The van der Waals surface area contributed by atoms with E-state index in [0.29, 0.717) is 0 Å². The van der Waals surface area contributed by atoms with Crippen LogP contribution in [0, 0.1) is 12.7 Å². The molecule has 4 heteroatoms. The number of aromatic nitrogens is 2.